The first-order chi connectivity index (χ1) is 13.4. The van der Waals surface area contributed by atoms with Crippen LogP contribution >= 0.6 is 0 Å². The molecule has 2 N–H and O–H groups in total. The van der Waals surface area contributed by atoms with Gasteiger partial charge >= 0.3 is 6.09 Å². The van der Waals surface area contributed by atoms with Gasteiger partial charge in [0.25, 0.3) is 0 Å². The molecular weight excluding hydrogens is 356 g/mol. The molecule has 166 valence electrons. The molecule has 7 nitrogen and oxygen atoms in total. The summed E-state index contributed by atoms with van der Waals surface area (Å²) in [6, 6.07) is 0.408. The van der Waals surface area contributed by atoms with Gasteiger partial charge < -0.3 is 25.2 Å². The Balaban J connectivity index is 0. The highest BCUT2D eigenvalue weighted by Crippen LogP contribution is 2.23. The van der Waals surface area contributed by atoms with E-state index in [4.69, 9.17) is 0 Å². The molecule has 7 heteroatoms. The fraction of sp³-hybridized carbons (Fsp3) is 0.810. The first-order valence-corrected chi connectivity index (χ1v) is 10.6. The van der Waals surface area contributed by atoms with Crippen LogP contribution in [0.5, 0.6) is 0 Å². The highest BCUT2D eigenvalue weighted by atomic mass is 16.5. The lowest BCUT2D eigenvalue weighted by atomic mass is 9.98. The Morgan fingerprint density at radius 3 is 2.32 bits per heavy atom. The summed E-state index contributed by atoms with van der Waals surface area (Å²) in [5.41, 5.74) is 1.26. The summed E-state index contributed by atoms with van der Waals surface area (Å²) in [5, 5.41) is 5.80. The van der Waals surface area contributed by atoms with Crippen LogP contribution in [0.2, 0.25) is 0 Å². The fourth-order valence-corrected chi connectivity index (χ4v) is 2.79. The van der Waals surface area contributed by atoms with Gasteiger partial charge in [0, 0.05) is 44.5 Å². The van der Waals surface area contributed by atoms with Gasteiger partial charge in [0.05, 0.1) is 13.3 Å². The summed E-state index contributed by atoms with van der Waals surface area (Å²) in [5.74, 6) is 0. The molecule has 1 saturated heterocycles. The Morgan fingerprint density at radius 2 is 1.93 bits per heavy atom. The predicted octanol–water partition coefficient (Wildman–Crippen LogP) is 3.91. The Hall–Kier alpha value is -1.92. The number of allylic oxidation sites excluding steroid dienone is 1. The number of hydrogen-bond donors (Lipinski definition) is 2. The van der Waals surface area contributed by atoms with Gasteiger partial charge in [-0.25, -0.2) is 4.79 Å². The third-order valence-corrected chi connectivity index (χ3v) is 4.32. The number of carbonyl (C=O) groups excluding carboxylic acids is 2. The van der Waals surface area contributed by atoms with Crippen molar-refractivity contribution in [3.8, 4) is 0 Å². The quantitative estimate of drug-likeness (QED) is 0.700. The van der Waals surface area contributed by atoms with Crippen molar-refractivity contribution >= 4 is 12.5 Å². The number of nitrogens with one attached hydrogen (secondary N) is 2. The zero-order chi connectivity index (χ0) is 21.9. The summed E-state index contributed by atoms with van der Waals surface area (Å²) in [6.07, 6.45) is 8.86. The molecule has 0 aromatic heterocycles. The minimum absolute atomic E-state index is 0.352. The van der Waals surface area contributed by atoms with Gasteiger partial charge in [0.1, 0.15) is 0 Å². The second-order valence-electron chi connectivity index (χ2n) is 6.54. The average molecular weight is 401 g/mol. The van der Waals surface area contributed by atoms with Crippen molar-refractivity contribution in [2.45, 2.75) is 85.9 Å². The number of rotatable bonds is 4. The number of hydrogen-bond acceptors (Lipinski definition) is 5. The predicted molar refractivity (Wildman–Crippen MR) is 117 cm³/mol. The van der Waals surface area contributed by atoms with Crippen molar-refractivity contribution < 1.29 is 14.3 Å². The largest absolute Gasteiger partial charge is 0.453 e. The topological polar surface area (TPSA) is 73.9 Å². The molecule has 0 radical (unpaired) electrons. The molecule has 2 rings (SSSR count). The Kier molecular flexibility index (Phi) is 18.6. The maximum Gasteiger partial charge on any atom is 0.406 e. The van der Waals surface area contributed by atoms with Crippen LogP contribution in [0.3, 0.4) is 0 Å². The van der Waals surface area contributed by atoms with Crippen LogP contribution in [0.4, 0.5) is 4.79 Å². The number of nitrogens with zero attached hydrogens (tertiary/aromatic N) is 2. The first kappa shape index (κ1) is 28.3. The number of likely N-dealkylation sites (tertiary alicyclic amines) is 1. The van der Waals surface area contributed by atoms with E-state index in [0.29, 0.717) is 18.8 Å². The lowest BCUT2D eigenvalue weighted by Gasteiger charge is -2.36. The van der Waals surface area contributed by atoms with E-state index >= 15 is 0 Å². The van der Waals surface area contributed by atoms with Gasteiger partial charge in [-0.3, -0.25) is 4.79 Å². The molecule has 0 spiro atoms. The summed E-state index contributed by atoms with van der Waals surface area (Å²) in [7, 11) is 3.44. The molecule has 0 aromatic carbocycles. The highest BCUT2D eigenvalue weighted by Gasteiger charge is 2.27. The second kappa shape index (κ2) is 18.4. The van der Waals surface area contributed by atoms with E-state index in [1.165, 1.54) is 25.6 Å². The van der Waals surface area contributed by atoms with E-state index in [1.54, 1.807) is 0 Å². The Morgan fingerprint density at radius 1 is 1.32 bits per heavy atom. The monoisotopic (exact) mass is 400 g/mol. The molecule has 2 unspecified atom stereocenters. The smallest absolute Gasteiger partial charge is 0.406 e. The van der Waals surface area contributed by atoms with Crippen molar-refractivity contribution in [2.24, 2.45) is 0 Å². The van der Waals surface area contributed by atoms with Gasteiger partial charge in [-0.2, -0.15) is 0 Å². The number of carbonyl (C=O) groups is 2. The van der Waals surface area contributed by atoms with Gasteiger partial charge in [0.2, 0.25) is 6.41 Å². The lowest BCUT2D eigenvalue weighted by Crippen LogP contribution is -2.45. The lowest BCUT2D eigenvalue weighted by molar-refractivity contribution is -0.121. The average Bonchev–Trinajstić information content (AvgIpc) is 3.03. The molecule has 2 amide bonds. The molecule has 0 saturated carbocycles. The fourth-order valence-electron chi connectivity index (χ4n) is 2.79. The van der Waals surface area contributed by atoms with Crippen LogP contribution in [0, 0.1) is 0 Å². The highest BCUT2D eigenvalue weighted by molar-refractivity contribution is 5.66. The van der Waals surface area contributed by atoms with E-state index in [0.717, 1.165) is 32.2 Å². The van der Waals surface area contributed by atoms with E-state index in [1.807, 2.05) is 25.7 Å². The van der Waals surface area contributed by atoms with Crippen LogP contribution in [-0.4, -0.2) is 61.8 Å². The van der Waals surface area contributed by atoms with E-state index in [2.05, 4.69) is 54.3 Å². The number of alkyl carbamates (subject to hydrolysis) is 1. The molecule has 0 aromatic rings. The number of methoxy groups -OCH3 is 1. The Labute approximate surface area is 172 Å². The van der Waals surface area contributed by atoms with Crippen LogP contribution in [0.25, 0.3) is 0 Å². The standard InChI is InChI=1S/C12H21N3O.C4H9NO2.C3H8.C2H6/c1-10-8-13-12(14(10)2)7-11-5-3-4-6-15(11)9-16;1-3-5-4(6)7-2;1-3-2;1-2/h8-9,11-13H,3-7H2,1-2H3;3H2,1-2H3,(H,5,6);3H2,1-2H3;1-2H3. The Bertz CT molecular complexity index is 430. The molecule has 2 atom stereocenters. The van der Waals surface area contributed by atoms with Crippen LogP contribution < -0.4 is 10.6 Å². The zero-order valence-electron chi connectivity index (χ0n) is 19.4. The van der Waals surface area contributed by atoms with E-state index in [9.17, 15) is 9.59 Å². The van der Waals surface area contributed by atoms with Crippen molar-refractivity contribution in [3.05, 3.63) is 11.9 Å². The molecular formula is C21H44N4O3. The summed E-state index contributed by atoms with van der Waals surface area (Å²) in [6.45, 7) is 13.7. The minimum atomic E-state index is -0.373. The van der Waals surface area contributed by atoms with Gasteiger partial charge in [0.15, 0.2) is 0 Å². The normalized spacial score (nSPS) is 19.9. The van der Waals surface area contributed by atoms with Gasteiger partial charge in [-0.1, -0.05) is 34.1 Å². The molecule has 0 aliphatic carbocycles. The number of piperidine rings is 1. The minimum Gasteiger partial charge on any atom is -0.453 e. The maximum absolute atomic E-state index is 11.0. The maximum atomic E-state index is 11.0. The van der Waals surface area contributed by atoms with Crippen molar-refractivity contribution in [1.82, 2.24) is 20.4 Å². The molecule has 0 bridgehead atoms. The van der Waals surface area contributed by atoms with Crippen molar-refractivity contribution in [2.75, 3.05) is 27.2 Å². The molecule has 2 aliphatic rings. The SMILES string of the molecule is CC.CC1=CNC(CC2CCCCN2C=O)N1C.CCC.CCNC(=O)OC. The molecule has 2 aliphatic heterocycles. The first-order valence-electron chi connectivity index (χ1n) is 10.6. The summed E-state index contributed by atoms with van der Waals surface area (Å²) < 4.78 is 4.24. The molecule has 28 heavy (non-hydrogen) atoms. The summed E-state index contributed by atoms with van der Waals surface area (Å²) in [4.78, 5) is 25.3. The van der Waals surface area contributed by atoms with Crippen molar-refractivity contribution in [3.63, 3.8) is 0 Å². The van der Waals surface area contributed by atoms with Gasteiger partial charge in [-0.15, -0.1) is 0 Å². The van der Waals surface area contributed by atoms with Crippen LogP contribution in [-0.2, 0) is 9.53 Å². The van der Waals surface area contributed by atoms with Crippen LogP contribution in [0.15, 0.2) is 11.9 Å². The molecule has 1 fully saturated rings. The van der Waals surface area contributed by atoms with E-state index in [-0.39, 0.29) is 6.09 Å². The zero-order valence-corrected chi connectivity index (χ0v) is 19.4. The van der Waals surface area contributed by atoms with Crippen molar-refractivity contribution in [1.29, 1.82) is 0 Å². The van der Waals surface area contributed by atoms with Gasteiger partial charge in [-0.05, 0) is 33.1 Å². The molecule has 2 heterocycles. The second-order valence-corrected chi connectivity index (χ2v) is 6.54. The van der Waals surface area contributed by atoms with Crippen LogP contribution in [0.1, 0.15) is 73.6 Å². The third-order valence-electron chi connectivity index (χ3n) is 4.32. The number of amides is 2. The number of ether oxygens (including phenoxy) is 1. The third kappa shape index (κ3) is 11.7. The summed E-state index contributed by atoms with van der Waals surface area (Å²) >= 11 is 0. The van der Waals surface area contributed by atoms with E-state index < -0.39 is 0 Å².